The van der Waals surface area contributed by atoms with E-state index in [0.29, 0.717) is 31.6 Å². The molecule has 0 aliphatic carbocycles. The molecule has 152 valence electrons. The maximum atomic E-state index is 12.9. The first-order valence-electron chi connectivity index (χ1n) is 9.54. The molecule has 28 heavy (non-hydrogen) atoms. The molecule has 0 unspecified atom stereocenters. The molecule has 0 N–H and O–H groups in total. The van der Waals surface area contributed by atoms with Crippen molar-refractivity contribution in [2.45, 2.75) is 51.9 Å². The van der Waals surface area contributed by atoms with Crippen LogP contribution in [0, 0.1) is 0 Å². The van der Waals surface area contributed by atoms with Crippen molar-refractivity contribution in [1.29, 1.82) is 0 Å². The second-order valence-electron chi connectivity index (χ2n) is 6.85. The number of nitrogens with zero attached hydrogens (tertiary/aromatic N) is 2. The Bertz CT molecular complexity index is 780. The van der Waals surface area contributed by atoms with Gasteiger partial charge in [-0.1, -0.05) is 38.0 Å². The topological polar surface area (TPSA) is 25.2 Å². The van der Waals surface area contributed by atoms with Crippen LogP contribution in [-0.2, 0) is 24.1 Å². The average molecular weight is 392 g/mol. The standard InChI is InChI=1S/C22H27F3N2O/c1-3-5-6-12-21(28)27(13-4-2)17-20-11-8-14-26(20)16-18-9-7-10-19(15-18)22(23,24)25/h4,7-11,14-15H,2-3,5-6,12-13,16-17H2,1H3. The molecule has 2 rings (SSSR count). The van der Waals surface area contributed by atoms with Crippen molar-refractivity contribution >= 4 is 5.91 Å². The van der Waals surface area contributed by atoms with E-state index >= 15 is 0 Å². The zero-order valence-electron chi connectivity index (χ0n) is 16.2. The highest BCUT2D eigenvalue weighted by atomic mass is 19.4. The predicted octanol–water partition coefficient (Wildman–Crippen LogP) is 5.65. The Morgan fingerprint density at radius 2 is 2.00 bits per heavy atom. The molecule has 0 atom stereocenters. The van der Waals surface area contributed by atoms with E-state index in [2.05, 4.69) is 13.5 Å². The van der Waals surface area contributed by atoms with Gasteiger partial charge in [-0.15, -0.1) is 6.58 Å². The third kappa shape index (κ3) is 6.29. The van der Waals surface area contributed by atoms with E-state index in [-0.39, 0.29) is 5.91 Å². The summed E-state index contributed by atoms with van der Waals surface area (Å²) in [6.07, 6.45) is 2.57. The molecule has 0 aliphatic heterocycles. The lowest BCUT2D eigenvalue weighted by Crippen LogP contribution is -2.31. The summed E-state index contributed by atoms with van der Waals surface area (Å²) in [5.74, 6) is 0.0696. The molecule has 6 heteroatoms. The number of benzene rings is 1. The highest BCUT2D eigenvalue weighted by Gasteiger charge is 2.30. The second kappa shape index (κ2) is 10.2. The van der Waals surface area contributed by atoms with Gasteiger partial charge in [-0.2, -0.15) is 13.2 Å². The molecule has 1 aromatic carbocycles. The third-order valence-electron chi connectivity index (χ3n) is 4.58. The monoisotopic (exact) mass is 392 g/mol. The van der Waals surface area contributed by atoms with E-state index < -0.39 is 11.7 Å². The number of alkyl halides is 3. The lowest BCUT2D eigenvalue weighted by Gasteiger charge is -2.22. The van der Waals surface area contributed by atoms with Crippen LogP contribution in [0.5, 0.6) is 0 Å². The lowest BCUT2D eigenvalue weighted by atomic mass is 10.1. The van der Waals surface area contributed by atoms with Gasteiger partial charge in [-0.3, -0.25) is 4.79 Å². The van der Waals surface area contributed by atoms with Gasteiger partial charge in [0.1, 0.15) is 0 Å². The summed E-state index contributed by atoms with van der Waals surface area (Å²) in [6, 6.07) is 9.07. The third-order valence-corrected chi connectivity index (χ3v) is 4.58. The first-order chi connectivity index (χ1) is 13.3. The molecule has 0 fully saturated rings. The Labute approximate surface area is 164 Å². The molecule has 1 heterocycles. The number of hydrogen-bond acceptors (Lipinski definition) is 1. The summed E-state index contributed by atoms with van der Waals surface area (Å²) in [5.41, 5.74) is 0.790. The zero-order valence-corrected chi connectivity index (χ0v) is 16.2. The van der Waals surface area contributed by atoms with E-state index in [0.717, 1.165) is 31.0 Å². The van der Waals surface area contributed by atoms with Gasteiger partial charge in [-0.05, 0) is 36.2 Å². The SMILES string of the molecule is C=CCN(Cc1cccn1Cc1cccc(C(F)(F)F)c1)C(=O)CCCCC. The maximum absolute atomic E-state index is 12.9. The minimum atomic E-state index is -4.36. The minimum absolute atomic E-state index is 0.0696. The van der Waals surface area contributed by atoms with Gasteiger partial charge in [0.05, 0.1) is 12.1 Å². The molecule has 0 radical (unpaired) electrons. The number of carbonyl (C=O) groups is 1. The Balaban J connectivity index is 2.11. The zero-order chi connectivity index (χ0) is 20.6. The van der Waals surface area contributed by atoms with Crippen LogP contribution in [0.15, 0.2) is 55.3 Å². The Morgan fingerprint density at radius 1 is 1.21 bits per heavy atom. The average Bonchev–Trinajstić information content (AvgIpc) is 3.07. The summed E-state index contributed by atoms with van der Waals surface area (Å²) in [4.78, 5) is 14.2. The van der Waals surface area contributed by atoms with Crippen molar-refractivity contribution in [3.63, 3.8) is 0 Å². The molecule has 0 spiro atoms. The normalized spacial score (nSPS) is 11.4. The van der Waals surface area contributed by atoms with Gasteiger partial charge >= 0.3 is 6.18 Å². The number of rotatable bonds is 10. The Kier molecular flexibility index (Phi) is 7.91. The number of hydrogen-bond donors (Lipinski definition) is 0. The largest absolute Gasteiger partial charge is 0.416 e. The van der Waals surface area contributed by atoms with E-state index in [1.165, 1.54) is 12.1 Å². The number of carbonyl (C=O) groups excluding carboxylic acids is 1. The van der Waals surface area contributed by atoms with Crippen LogP contribution in [-0.4, -0.2) is 21.9 Å². The second-order valence-corrected chi connectivity index (χ2v) is 6.85. The molecule has 0 bridgehead atoms. The fourth-order valence-corrected chi connectivity index (χ4v) is 3.08. The quantitative estimate of drug-likeness (QED) is 0.379. The van der Waals surface area contributed by atoms with Gasteiger partial charge in [-0.25, -0.2) is 0 Å². The molecule has 0 saturated heterocycles. The van der Waals surface area contributed by atoms with E-state index in [4.69, 9.17) is 0 Å². The fraction of sp³-hybridized carbons (Fsp3) is 0.409. The number of amides is 1. The molecular weight excluding hydrogens is 365 g/mol. The molecule has 3 nitrogen and oxygen atoms in total. The van der Waals surface area contributed by atoms with Crippen LogP contribution in [0.2, 0.25) is 0 Å². The summed E-state index contributed by atoms with van der Waals surface area (Å²) in [6.45, 7) is 6.98. The van der Waals surface area contributed by atoms with Crippen molar-refractivity contribution in [1.82, 2.24) is 9.47 Å². The molecule has 0 saturated carbocycles. The fourth-order valence-electron chi connectivity index (χ4n) is 3.08. The first-order valence-corrected chi connectivity index (χ1v) is 9.54. The van der Waals surface area contributed by atoms with Crippen molar-refractivity contribution < 1.29 is 18.0 Å². The lowest BCUT2D eigenvalue weighted by molar-refractivity contribution is -0.137. The predicted molar refractivity (Wildman–Crippen MR) is 105 cm³/mol. The molecule has 1 aromatic heterocycles. The van der Waals surface area contributed by atoms with Crippen molar-refractivity contribution in [3.8, 4) is 0 Å². The Morgan fingerprint density at radius 3 is 2.68 bits per heavy atom. The van der Waals surface area contributed by atoms with Crippen LogP contribution < -0.4 is 0 Å². The van der Waals surface area contributed by atoms with Crippen molar-refractivity contribution in [2.75, 3.05) is 6.54 Å². The number of halogens is 3. The van der Waals surface area contributed by atoms with E-state index in [9.17, 15) is 18.0 Å². The highest BCUT2D eigenvalue weighted by Crippen LogP contribution is 2.29. The smallest absolute Gasteiger partial charge is 0.345 e. The van der Waals surface area contributed by atoms with Crippen LogP contribution in [0.4, 0.5) is 13.2 Å². The van der Waals surface area contributed by atoms with Gasteiger partial charge < -0.3 is 9.47 Å². The van der Waals surface area contributed by atoms with Gasteiger partial charge in [0.15, 0.2) is 0 Å². The Hall–Kier alpha value is -2.50. The van der Waals surface area contributed by atoms with Crippen molar-refractivity contribution in [2.24, 2.45) is 0 Å². The summed E-state index contributed by atoms with van der Waals surface area (Å²) in [7, 11) is 0. The minimum Gasteiger partial charge on any atom is -0.345 e. The van der Waals surface area contributed by atoms with Crippen LogP contribution in [0.1, 0.15) is 49.4 Å². The highest BCUT2D eigenvalue weighted by molar-refractivity contribution is 5.76. The van der Waals surface area contributed by atoms with Gasteiger partial charge in [0.25, 0.3) is 0 Å². The summed E-state index contributed by atoms with van der Waals surface area (Å²) >= 11 is 0. The summed E-state index contributed by atoms with van der Waals surface area (Å²) in [5, 5.41) is 0. The van der Waals surface area contributed by atoms with Gasteiger partial charge in [0, 0.05) is 31.4 Å². The van der Waals surface area contributed by atoms with E-state index in [1.54, 1.807) is 17.0 Å². The van der Waals surface area contributed by atoms with E-state index in [1.807, 2.05) is 22.9 Å². The number of aromatic nitrogens is 1. The first kappa shape index (κ1) is 21.8. The molecule has 1 amide bonds. The maximum Gasteiger partial charge on any atom is 0.416 e. The van der Waals surface area contributed by atoms with Gasteiger partial charge in [0.2, 0.25) is 5.91 Å². The summed E-state index contributed by atoms with van der Waals surface area (Å²) < 4.78 is 40.7. The van der Waals surface area contributed by atoms with Crippen LogP contribution in [0.25, 0.3) is 0 Å². The van der Waals surface area contributed by atoms with Crippen LogP contribution in [0.3, 0.4) is 0 Å². The van der Waals surface area contributed by atoms with Crippen molar-refractivity contribution in [3.05, 3.63) is 72.1 Å². The molecular formula is C22H27F3N2O. The number of unbranched alkanes of at least 4 members (excludes halogenated alkanes) is 2. The van der Waals surface area contributed by atoms with Crippen LogP contribution >= 0.6 is 0 Å². The molecule has 0 aliphatic rings. The molecule has 2 aromatic rings.